The number of aromatic amines is 1. The van der Waals surface area contributed by atoms with E-state index in [0.29, 0.717) is 16.7 Å². The van der Waals surface area contributed by atoms with Gasteiger partial charge >= 0.3 is 0 Å². The van der Waals surface area contributed by atoms with Crippen LogP contribution in [0.4, 0.5) is 5.69 Å². The number of nitrogens with zero attached hydrogens (tertiary/aromatic N) is 3. The average Bonchev–Trinajstić information content (AvgIpc) is 3.10. The lowest BCUT2D eigenvalue weighted by Gasteiger charge is -2.10. The third-order valence-corrected chi connectivity index (χ3v) is 5.65. The van der Waals surface area contributed by atoms with Gasteiger partial charge in [0, 0.05) is 16.6 Å². The van der Waals surface area contributed by atoms with Gasteiger partial charge in [-0.15, -0.1) is 10.2 Å². The average molecular weight is 392 g/mol. The topological polar surface area (TPSA) is 83.6 Å². The maximum absolute atomic E-state index is 12.2. The highest BCUT2D eigenvalue weighted by Crippen LogP contribution is 2.24. The van der Waals surface area contributed by atoms with E-state index >= 15 is 0 Å². The number of carbonyl (C=O) groups excluding carboxylic acids is 1. The van der Waals surface area contributed by atoms with Gasteiger partial charge in [0.25, 0.3) is 0 Å². The number of benzene rings is 2. The highest BCUT2D eigenvalue weighted by Gasteiger charge is 2.11. The van der Waals surface area contributed by atoms with Crippen molar-refractivity contribution < 1.29 is 4.79 Å². The third kappa shape index (κ3) is 3.84. The van der Waals surface area contributed by atoms with Crippen molar-refractivity contribution >= 4 is 45.4 Å². The van der Waals surface area contributed by atoms with Crippen LogP contribution >= 0.6 is 11.8 Å². The first-order chi connectivity index (χ1) is 13.6. The SMILES string of the molecule is CC[C@H](C)c1ccc(NC(=O)CSc2nnc3c(n2)[nH]c2ccccc23)cc1. The van der Waals surface area contributed by atoms with Crippen LogP contribution in [-0.2, 0) is 4.79 Å². The molecular formula is C21H21N5OS. The van der Waals surface area contributed by atoms with Crippen LogP contribution in [0.15, 0.2) is 53.7 Å². The van der Waals surface area contributed by atoms with Crippen molar-refractivity contribution in [3.63, 3.8) is 0 Å². The van der Waals surface area contributed by atoms with E-state index in [2.05, 4.69) is 51.5 Å². The van der Waals surface area contributed by atoms with Crippen molar-refractivity contribution in [1.29, 1.82) is 0 Å². The fraction of sp³-hybridized carbons (Fsp3) is 0.238. The van der Waals surface area contributed by atoms with Crippen molar-refractivity contribution in [3.8, 4) is 0 Å². The van der Waals surface area contributed by atoms with E-state index in [1.54, 1.807) is 0 Å². The molecule has 1 amide bonds. The van der Waals surface area contributed by atoms with Gasteiger partial charge in [-0.2, -0.15) is 0 Å². The van der Waals surface area contributed by atoms with Crippen LogP contribution in [0.25, 0.3) is 22.1 Å². The number of H-pyrrole nitrogens is 1. The highest BCUT2D eigenvalue weighted by atomic mass is 32.2. The smallest absolute Gasteiger partial charge is 0.234 e. The first kappa shape index (κ1) is 18.4. The van der Waals surface area contributed by atoms with Gasteiger partial charge < -0.3 is 10.3 Å². The lowest BCUT2D eigenvalue weighted by molar-refractivity contribution is -0.113. The number of fused-ring (bicyclic) bond motifs is 3. The molecule has 2 aromatic carbocycles. The van der Waals surface area contributed by atoms with Crippen LogP contribution in [0.2, 0.25) is 0 Å². The molecule has 0 aliphatic rings. The molecule has 0 bridgehead atoms. The second-order valence-electron chi connectivity index (χ2n) is 6.73. The molecule has 28 heavy (non-hydrogen) atoms. The van der Waals surface area contributed by atoms with Gasteiger partial charge in [0.1, 0.15) is 5.52 Å². The largest absolute Gasteiger partial charge is 0.338 e. The lowest BCUT2D eigenvalue weighted by atomic mass is 9.99. The molecule has 0 aliphatic carbocycles. The maximum Gasteiger partial charge on any atom is 0.234 e. The summed E-state index contributed by atoms with van der Waals surface area (Å²) in [6.45, 7) is 4.37. The zero-order chi connectivity index (χ0) is 19.5. The Hall–Kier alpha value is -2.93. The zero-order valence-corrected chi connectivity index (χ0v) is 16.6. The van der Waals surface area contributed by atoms with E-state index in [1.807, 2.05) is 36.4 Å². The van der Waals surface area contributed by atoms with Gasteiger partial charge in [0.2, 0.25) is 11.1 Å². The van der Waals surface area contributed by atoms with Gasteiger partial charge in [-0.25, -0.2) is 4.98 Å². The van der Waals surface area contributed by atoms with Crippen LogP contribution < -0.4 is 5.32 Å². The molecule has 142 valence electrons. The van der Waals surface area contributed by atoms with Crippen LogP contribution in [-0.4, -0.2) is 31.8 Å². The molecule has 4 aromatic rings. The summed E-state index contributed by atoms with van der Waals surface area (Å²) < 4.78 is 0. The molecule has 6 nitrogen and oxygen atoms in total. The molecule has 0 unspecified atom stereocenters. The fourth-order valence-corrected chi connectivity index (χ4v) is 3.61. The minimum atomic E-state index is -0.0957. The Morgan fingerprint density at radius 1 is 1.14 bits per heavy atom. The number of aromatic nitrogens is 4. The normalized spacial score (nSPS) is 12.4. The van der Waals surface area contributed by atoms with Gasteiger partial charge in [0.05, 0.1) is 5.75 Å². The Labute approximate surface area is 167 Å². The van der Waals surface area contributed by atoms with Crippen molar-refractivity contribution in [3.05, 3.63) is 54.1 Å². The monoisotopic (exact) mass is 391 g/mol. The van der Waals surface area contributed by atoms with E-state index < -0.39 is 0 Å². The molecule has 0 saturated carbocycles. The van der Waals surface area contributed by atoms with Gasteiger partial charge in [-0.1, -0.05) is 55.9 Å². The zero-order valence-electron chi connectivity index (χ0n) is 15.8. The number of rotatable bonds is 6. The van der Waals surface area contributed by atoms with Gasteiger partial charge in [-0.3, -0.25) is 4.79 Å². The summed E-state index contributed by atoms with van der Waals surface area (Å²) in [5.74, 6) is 0.645. The van der Waals surface area contributed by atoms with Gasteiger partial charge in [0.15, 0.2) is 5.65 Å². The number of para-hydroxylation sites is 1. The van der Waals surface area contributed by atoms with Crippen molar-refractivity contribution in [2.24, 2.45) is 0 Å². The summed E-state index contributed by atoms with van der Waals surface area (Å²) >= 11 is 1.27. The van der Waals surface area contributed by atoms with E-state index in [-0.39, 0.29) is 11.7 Å². The Morgan fingerprint density at radius 2 is 1.93 bits per heavy atom. The highest BCUT2D eigenvalue weighted by molar-refractivity contribution is 7.99. The number of hydrogen-bond donors (Lipinski definition) is 2. The van der Waals surface area contributed by atoms with E-state index in [0.717, 1.165) is 28.5 Å². The van der Waals surface area contributed by atoms with Crippen molar-refractivity contribution in [1.82, 2.24) is 20.2 Å². The minimum absolute atomic E-state index is 0.0957. The van der Waals surface area contributed by atoms with Crippen LogP contribution in [0.1, 0.15) is 31.7 Å². The minimum Gasteiger partial charge on any atom is -0.338 e. The van der Waals surface area contributed by atoms with Crippen molar-refractivity contribution in [2.75, 3.05) is 11.1 Å². The molecule has 0 aliphatic heterocycles. The van der Waals surface area contributed by atoms with Crippen LogP contribution in [0, 0.1) is 0 Å². The van der Waals surface area contributed by atoms with Crippen LogP contribution in [0.5, 0.6) is 0 Å². The number of anilines is 1. The Morgan fingerprint density at radius 3 is 2.71 bits per heavy atom. The molecule has 0 fully saturated rings. The summed E-state index contributed by atoms with van der Waals surface area (Å²) in [4.78, 5) is 20.0. The molecule has 4 rings (SSSR count). The fourth-order valence-electron chi connectivity index (χ4n) is 3.02. The number of hydrogen-bond acceptors (Lipinski definition) is 5. The first-order valence-electron chi connectivity index (χ1n) is 9.28. The third-order valence-electron chi connectivity index (χ3n) is 4.81. The van der Waals surface area contributed by atoms with Crippen LogP contribution in [0.3, 0.4) is 0 Å². The molecule has 7 heteroatoms. The number of amides is 1. The summed E-state index contributed by atoms with van der Waals surface area (Å²) in [5, 5.41) is 12.8. The molecular weight excluding hydrogens is 370 g/mol. The Balaban J connectivity index is 1.39. The lowest BCUT2D eigenvalue weighted by Crippen LogP contribution is -2.14. The predicted molar refractivity (Wildman–Crippen MR) is 114 cm³/mol. The van der Waals surface area contributed by atoms with E-state index in [9.17, 15) is 4.79 Å². The summed E-state index contributed by atoms with van der Waals surface area (Å²) in [7, 11) is 0. The molecule has 2 aromatic heterocycles. The Bertz CT molecular complexity index is 1120. The summed E-state index contributed by atoms with van der Waals surface area (Å²) in [5.41, 5.74) is 4.47. The number of nitrogens with one attached hydrogen (secondary N) is 2. The molecule has 0 radical (unpaired) electrons. The Kier molecular flexibility index (Phi) is 5.25. The van der Waals surface area contributed by atoms with Gasteiger partial charge in [-0.05, 0) is 36.1 Å². The van der Waals surface area contributed by atoms with E-state index in [4.69, 9.17) is 0 Å². The summed E-state index contributed by atoms with van der Waals surface area (Å²) in [6, 6.07) is 15.9. The standard InChI is InChI=1S/C21H21N5OS/c1-3-13(2)14-8-10-15(11-9-14)22-18(27)12-28-21-24-20-19(25-26-21)16-6-4-5-7-17(16)23-20/h4-11,13H,3,12H2,1-2H3,(H,22,27)(H,23,24,26)/t13-/m0/s1. The maximum atomic E-state index is 12.2. The molecule has 0 spiro atoms. The number of thioether (sulfide) groups is 1. The quantitative estimate of drug-likeness (QED) is 0.463. The molecule has 2 N–H and O–H groups in total. The number of carbonyl (C=O) groups is 1. The summed E-state index contributed by atoms with van der Waals surface area (Å²) in [6.07, 6.45) is 1.09. The second kappa shape index (κ2) is 7.98. The van der Waals surface area contributed by atoms with E-state index in [1.165, 1.54) is 17.3 Å². The predicted octanol–water partition coefficient (Wildman–Crippen LogP) is 4.75. The molecule has 1 atom stereocenters. The van der Waals surface area contributed by atoms with Crippen molar-refractivity contribution in [2.45, 2.75) is 31.3 Å². The molecule has 2 heterocycles. The second-order valence-corrected chi connectivity index (χ2v) is 7.67. The molecule has 0 saturated heterocycles. The first-order valence-corrected chi connectivity index (χ1v) is 10.3.